The highest BCUT2D eigenvalue weighted by Gasteiger charge is 2.02. The normalized spacial score (nSPS) is 14.2. The first-order valence-electron chi connectivity index (χ1n) is 4.54. The summed E-state index contributed by atoms with van der Waals surface area (Å²) in [5, 5.41) is 0. The van der Waals surface area contributed by atoms with Gasteiger partial charge < -0.3 is 15.2 Å². The van der Waals surface area contributed by atoms with Crippen LogP contribution in [0.5, 0.6) is 0 Å². The fourth-order valence-corrected chi connectivity index (χ4v) is 0.571. The second kappa shape index (κ2) is 10.2. The van der Waals surface area contributed by atoms with E-state index < -0.39 is 7.60 Å². The summed E-state index contributed by atoms with van der Waals surface area (Å²) >= 11 is 0. The van der Waals surface area contributed by atoms with Gasteiger partial charge in [-0.2, -0.15) is 0 Å². The standard InChI is InChI=1S/C6H15N.C2H7O3P/c1-2-3-4-5-6-7;1-5-6(2,3)4/h2-7H2,1H3;1-2H3,(H,3,4). The summed E-state index contributed by atoms with van der Waals surface area (Å²) in [6.07, 6.45) is 5.16. The topological polar surface area (TPSA) is 72.5 Å². The molecule has 0 bridgehead atoms. The molecule has 0 aromatic rings. The summed E-state index contributed by atoms with van der Waals surface area (Å²) in [7, 11) is -1.95. The zero-order valence-electron chi connectivity index (χ0n) is 8.82. The van der Waals surface area contributed by atoms with Crippen molar-refractivity contribution in [2.45, 2.75) is 32.6 Å². The number of hydrogen-bond acceptors (Lipinski definition) is 3. The Labute approximate surface area is 81.0 Å². The third kappa shape index (κ3) is 24.5. The summed E-state index contributed by atoms with van der Waals surface area (Å²) in [6, 6.07) is 0. The Morgan fingerprint density at radius 2 is 1.85 bits per heavy atom. The maximum atomic E-state index is 9.92. The molecule has 0 aromatic heterocycles. The minimum absolute atomic E-state index is 0.861. The Kier molecular flexibility index (Phi) is 12.2. The van der Waals surface area contributed by atoms with Crippen LogP contribution in [-0.2, 0) is 9.09 Å². The lowest BCUT2D eigenvalue weighted by Gasteiger charge is -1.96. The van der Waals surface area contributed by atoms with E-state index in [-0.39, 0.29) is 0 Å². The van der Waals surface area contributed by atoms with Gasteiger partial charge in [0.1, 0.15) is 0 Å². The lowest BCUT2D eigenvalue weighted by Crippen LogP contribution is -1.97. The first kappa shape index (κ1) is 15.6. The summed E-state index contributed by atoms with van der Waals surface area (Å²) in [4.78, 5) is 8.16. The van der Waals surface area contributed by atoms with Gasteiger partial charge in [0.25, 0.3) is 0 Å². The molecule has 0 radical (unpaired) electrons. The molecule has 0 amide bonds. The fraction of sp³-hybridized carbons (Fsp3) is 1.00. The van der Waals surface area contributed by atoms with Crippen LogP contribution in [0, 0.1) is 0 Å². The Morgan fingerprint density at radius 1 is 1.38 bits per heavy atom. The molecule has 0 heterocycles. The van der Waals surface area contributed by atoms with Gasteiger partial charge in [0.05, 0.1) is 0 Å². The van der Waals surface area contributed by atoms with Gasteiger partial charge in [-0.25, -0.2) is 0 Å². The van der Waals surface area contributed by atoms with Crippen LogP contribution in [0.4, 0.5) is 0 Å². The molecular weight excluding hydrogens is 189 g/mol. The van der Waals surface area contributed by atoms with Crippen molar-refractivity contribution in [3.63, 3.8) is 0 Å². The second-order valence-electron chi connectivity index (χ2n) is 2.83. The lowest BCUT2D eigenvalue weighted by molar-refractivity contribution is 0.322. The van der Waals surface area contributed by atoms with Gasteiger partial charge in [-0.3, -0.25) is 4.57 Å². The largest absolute Gasteiger partial charge is 0.330 e. The minimum atomic E-state index is -3.15. The van der Waals surface area contributed by atoms with Crippen molar-refractivity contribution in [3.05, 3.63) is 0 Å². The van der Waals surface area contributed by atoms with Crippen molar-refractivity contribution >= 4 is 7.60 Å². The van der Waals surface area contributed by atoms with Crippen LogP contribution >= 0.6 is 7.60 Å². The van der Waals surface area contributed by atoms with Gasteiger partial charge in [0.15, 0.2) is 0 Å². The third-order valence-corrected chi connectivity index (χ3v) is 2.07. The molecule has 0 saturated carbocycles. The molecule has 0 saturated heterocycles. The van der Waals surface area contributed by atoms with Crippen molar-refractivity contribution < 1.29 is 14.0 Å². The second-order valence-corrected chi connectivity index (χ2v) is 4.81. The van der Waals surface area contributed by atoms with E-state index in [0.717, 1.165) is 13.2 Å². The highest BCUT2D eigenvalue weighted by molar-refractivity contribution is 7.51. The van der Waals surface area contributed by atoms with E-state index in [1.807, 2.05) is 0 Å². The molecule has 3 N–H and O–H groups in total. The predicted molar refractivity (Wildman–Crippen MR) is 56.0 cm³/mol. The van der Waals surface area contributed by atoms with Gasteiger partial charge in [0, 0.05) is 13.8 Å². The summed E-state index contributed by atoms with van der Waals surface area (Å²) in [6.45, 7) is 4.20. The lowest BCUT2D eigenvalue weighted by atomic mass is 10.2. The van der Waals surface area contributed by atoms with Gasteiger partial charge in [0.2, 0.25) is 0 Å². The average molecular weight is 211 g/mol. The first-order chi connectivity index (χ1) is 5.97. The zero-order chi connectivity index (χ0) is 10.7. The number of nitrogens with two attached hydrogens (primary N) is 1. The highest BCUT2D eigenvalue weighted by atomic mass is 31.2. The minimum Gasteiger partial charge on any atom is -0.330 e. The van der Waals surface area contributed by atoms with Crippen LogP contribution in [0.25, 0.3) is 0 Å². The summed E-state index contributed by atoms with van der Waals surface area (Å²) in [5.74, 6) is 0. The molecule has 4 nitrogen and oxygen atoms in total. The molecule has 1 atom stereocenters. The maximum Gasteiger partial charge on any atom is 0.324 e. The molecule has 5 heteroatoms. The van der Waals surface area contributed by atoms with Crippen LogP contribution in [0.2, 0.25) is 0 Å². The molecule has 0 aliphatic heterocycles. The summed E-state index contributed by atoms with van der Waals surface area (Å²) in [5.41, 5.74) is 5.27. The summed E-state index contributed by atoms with van der Waals surface area (Å²) < 4.78 is 14.0. The molecule has 0 fully saturated rings. The van der Waals surface area contributed by atoms with E-state index in [1.165, 1.54) is 32.8 Å². The molecule has 0 aromatic carbocycles. The number of unbranched alkanes of at least 4 members (excludes halogenated alkanes) is 3. The van der Waals surface area contributed by atoms with Crippen LogP contribution in [0.1, 0.15) is 32.6 Å². The first-order valence-corrected chi connectivity index (χ1v) is 6.56. The molecule has 0 spiro atoms. The van der Waals surface area contributed by atoms with Crippen molar-refractivity contribution in [1.82, 2.24) is 0 Å². The van der Waals surface area contributed by atoms with E-state index >= 15 is 0 Å². The van der Waals surface area contributed by atoms with Crippen molar-refractivity contribution in [3.8, 4) is 0 Å². The maximum absolute atomic E-state index is 9.92. The Bertz CT molecular complexity index is 131. The van der Waals surface area contributed by atoms with Crippen LogP contribution in [0.15, 0.2) is 0 Å². The number of hydrogen-bond donors (Lipinski definition) is 2. The molecule has 82 valence electrons. The Hall–Kier alpha value is 0.110. The molecule has 1 unspecified atom stereocenters. The fourth-order valence-electron chi connectivity index (χ4n) is 0.571. The van der Waals surface area contributed by atoms with E-state index in [2.05, 4.69) is 11.4 Å². The van der Waals surface area contributed by atoms with Crippen LogP contribution < -0.4 is 5.73 Å². The molecule has 0 aliphatic carbocycles. The van der Waals surface area contributed by atoms with E-state index in [4.69, 9.17) is 10.6 Å². The average Bonchev–Trinajstić information content (AvgIpc) is 2.06. The SMILES string of the molecule is CCCCCCN.COP(C)(=O)O. The van der Waals surface area contributed by atoms with Crippen molar-refractivity contribution in [1.29, 1.82) is 0 Å². The van der Waals surface area contributed by atoms with Gasteiger partial charge >= 0.3 is 7.60 Å². The molecule has 0 rings (SSSR count). The quantitative estimate of drug-likeness (QED) is 0.538. The van der Waals surface area contributed by atoms with Crippen molar-refractivity contribution in [2.24, 2.45) is 5.73 Å². The highest BCUT2D eigenvalue weighted by Crippen LogP contribution is 2.34. The van der Waals surface area contributed by atoms with Gasteiger partial charge in [-0.05, 0) is 13.0 Å². The Morgan fingerprint density at radius 3 is 2.08 bits per heavy atom. The molecule has 13 heavy (non-hydrogen) atoms. The van der Waals surface area contributed by atoms with Crippen LogP contribution in [-0.4, -0.2) is 25.2 Å². The molecular formula is C8H22NO3P. The van der Waals surface area contributed by atoms with E-state index in [0.29, 0.717) is 0 Å². The predicted octanol–water partition coefficient (Wildman–Crippen LogP) is 1.97. The van der Waals surface area contributed by atoms with Crippen molar-refractivity contribution in [2.75, 3.05) is 20.3 Å². The third-order valence-electron chi connectivity index (χ3n) is 1.40. The molecule has 0 aliphatic rings. The number of rotatable bonds is 5. The van der Waals surface area contributed by atoms with Crippen LogP contribution in [0.3, 0.4) is 0 Å². The van der Waals surface area contributed by atoms with Gasteiger partial charge in [-0.1, -0.05) is 26.2 Å². The smallest absolute Gasteiger partial charge is 0.324 e. The zero-order valence-corrected chi connectivity index (χ0v) is 9.72. The monoisotopic (exact) mass is 211 g/mol. The Balaban J connectivity index is 0. The van der Waals surface area contributed by atoms with E-state index in [1.54, 1.807) is 0 Å². The van der Waals surface area contributed by atoms with E-state index in [9.17, 15) is 4.57 Å². The van der Waals surface area contributed by atoms with Gasteiger partial charge in [-0.15, -0.1) is 0 Å².